The third kappa shape index (κ3) is 5.29. The minimum Gasteiger partial charge on any atom is -0.379 e. The van der Waals surface area contributed by atoms with Crippen LogP contribution in [0.25, 0.3) is 23.4 Å². The fraction of sp³-hybridized carbons (Fsp3) is 0.308. The van der Waals surface area contributed by atoms with Crippen LogP contribution >= 0.6 is 0 Å². The number of nitrogens with one attached hydrogen (secondary N) is 1. The summed E-state index contributed by atoms with van der Waals surface area (Å²) >= 11 is 0. The maximum absolute atomic E-state index is 9.40. The van der Waals surface area contributed by atoms with Gasteiger partial charge in [-0.2, -0.15) is 5.26 Å². The number of morpholine rings is 1. The molecule has 0 saturated carbocycles. The van der Waals surface area contributed by atoms with Gasteiger partial charge >= 0.3 is 0 Å². The molecule has 1 N–H and O–H groups in total. The summed E-state index contributed by atoms with van der Waals surface area (Å²) in [6, 6.07) is 16.9. The summed E-state index contributed by atoms with van der Waals surface area (Å²) in [4.78, 5) is 10.3. The number of aromatic amines is 1. The largest absolute Gasteiger partial charge is 0.379 e. The number of nitriles is 1. The van der Waals surface area contributed by atoms with E-state index in [2.05, 4.69) is 65.1 Å². The molecule has 0 amide bonds. The summed E-state index contributed by atoms with van der Waals surface area (Å²) in [5, 5.41) is 9.40. The standard InChI is InChI=1S/C26H28N4O/c1-19(2)26-23(17-27)16-25(29-26)22-9-10-28-24(15-22)8-7-20-3-5-21(6-4-20)18-30-11-13-31-14-12-30/h3-10,15-16,19,29H,11-14,18H2,1-2H3/b8-7+. The van der Waals surface area contributed by atoms with E-state index in [0.29, 0.717) is 5.56 Å². The van der Waals surface area contributed by atoms with Gasteiger partial charge in [0, 0.05) is 42.8 Å². The molecular weight excluding hydrogens is 384 g/mol. The molecule has 1 aliphatic heterocycles. The Hall–Kier alpha value is -3.20. The smallest absolute Gasteiger partial charge is 0.101 e. The molecule has 1 aliphatic rings. The van der Waals surface area contributed by atoms with E-state index in [1.165, 1.54) is 5.56 Å². The van der Waals surface area contributed by atoms with Crippen LogP contribution in [0.1, 0.15) is 47.8 Å². The lowest BCUT2D eigenvalue weighted by atomic mass is 10.1. The number of H-pyrrole nitrogens is 1. The summed E-state index contributed by atoms with van der Waals surface area (Å²) in [6.45, 7) is 8.79. The average Bonchev–Trinajstić information content (AvgIpc) is 3.25. The van der Waals surface area contributed by atoms with Gasteiger partial charge in [-0.1, -0.05) is 44.2 Å². The van der Waals surface area contributed by atoms with Crippen molar-refractivity contribution in [3.63, 3.8) is 0 Å². The first-order valence-corrected chi connectivity index (χ1v) is 10.8. The van der Waals surface area contributed by atoms with Gasteiger partial charge in [0.1, 0.15) is 6.07 Å². The average molecular weight is 413 g/mol. The number of hydrogen-bond donors (Lipinski definition) is 1. The molecule has 5 nitrogen and oxygen atoms in total. The Bertz CT molecular complexity index is 1080. The van der Waals surface area contributed by atoms with Gasteiger partial charge in [-0.05, 0) is 41.3 Å². The van der Waals surface area contributed by atoms with Crippen molar-refractivity contribution < 1.29 is 4.74 Å². The van der Waals surface area contributed by atoms with Crippen LogP contribution in [-0.2, 0) is 11.3 Å². The zero-order valence-corrected chi connectivity index (χ0v) is 18.1. The van der Waals surface area contributed by atoms with Gasteiger partial charge in [0.2, 0.25) is 0 Å². The van der Waals surface area contributed by atoms with E-state index < -0.39 is 0 Å². The number of ether oxygens (including phenoxy) is 1. The van der Waals surface area contributed by atoms with E-state index in [1.54, 1.807) is 0 Å². The van der Waals surface area contributed by atoms with Gasteiger partial charge in [0.25, 0.3) is 0 Å². The van der Waals surface area contributed by atoms with Gasteiger partial charge in [-0.25, -0.2) is 0 Å². The van der Waals surface area contributed by atoms with Crippen LogP contribution in [0.15, 0.2) is 48.7 Å². The Morgan fingerprint density at radius 2 is 1.90 bits per heavy atom. The second kappa shape index (κ2) is 9.74. The van der Waals surface area contributed by atoms with E-state index in [1.807, 2.05) is 30.5 Å². The quantitative estimate of drug-likeness (QED) is 0.614. The summed E-state index contributed by atoms with van der Waals surface area (Å²) < 4.78 is 5.42. The van der Waals surface area contributed by atoms with Gasteiger partial charge in [0.15, 0.2) is 0 Å². The van der Waals surface area contributed by atoms with Crippen LogP contribution in [0, 0.1) is 11.3 Å². The molecule has 1 aromatic carbocycles. The first-order chi connectivity index (χ1) is 15.1. The minimum absolute atomic E-state index is 0.274. The summed E-state index contributed by atoms with van der Waals surface area (Å²) in [5.74, 6) is 0.274. The first kappa shape index (κ1) is 21.0. The number of benzene rings is 1. The second-order valence-corrected chi connectivity index (χ2v) is 8.21. The molecule has 3 aromatic rings. The Morgan fingerprint density at radius 1 is 1.13 bits per heavy atom. The fourth-order valence-corrected chi connectivity index (χ4v) is 3.81. The molecule has 0 radical (unpaired) electrons. The molecule has 0 spiro atoms. The molecule has 158 valence electrons. The molecule has 0 bridgehead atoms. The molecule has 1 saturated heterocycles. The lowest BCUT2D eigenvalue weighted by Crippen LogP contribution is -2.35. The zero-order valence-electron chi connectivity index (χ0n) is 18.1. The van der Waals surface area contributed by atoms with Crippen LogP contribution < -0.4 is 0 Å². The highest BCUT2D eigenvalue weighted by Crippen LogP contribution is 2.26. The number of nitrogens with zero attached hydrogens (tertiary/aromatic N) is 3. The topological polar surface area (TPSA) is 64.9 Å². The molecule has 2 aromatic heterocycles. The first-order valence-electron chi connectivity index (χ1n) is 10.8. The van der Waals surface area contributed by atoms with Crippen molar-refractivity contribution in [1.82, 2.24) is 14.9 Å². The Kier molecular flexibility index (Phi) is 6.61. The predicted octanol–water partition coefficient (Wildman–Crippen LogP) is 5.07. The lowest BCUT2D eigenvalue weighted by Gasteiger charge is -2.26. The second-order valence-electron chi connectivity index (χ2n) is 8.21. The maximum atomic E-state index is 9.40. The summed E-state index contributed by atoms with van der Waals surface area (Å²) in [6.07, 6.45) is 5.92. The summed E-state index contributed by atoms with van der Waals surface area (Å²) in [5.41, 5.74) is 7.00. The molecule has 1 fully saturated rings. The highest BCUT2D eigenvalue weighted by molar-refractivity contribution is 5.71. The Balaban J connectivity index is 1.46. The fourth-order valence-electron chi connectivity index (χ4n) is 3.81. The van der Waals surface area contributed by atoms with Crippen LogP contribution in [-0.4, -0.2) is 41.2 Å². The van der Waals surface area contributed by atoms with Crippen molar-refractivity contribution in [2.45, 2.75) is 26.3 Å². The van der Waals surface area contributed by atoms with E-state index in [0.717, 1.165) is 61.1 Å². The van der Waals surface area contributed by atoms with Crippen molar-refractivity contribution in [2.75, 3.05) is 26.3 Å². The van der Waals surface area contributed by atoms with E-state index >= 15 is 0 Å². The minimum atomic E-state index is 0.274. The lowest BCUT2D eigenvalue weighted by molar-refractivity contribution is 0.0342. The molecule has 4 rings (SSSR count). The highest BCUT2D eigenvalue weighted by atomic mass is 16.5. The van der Waals surface area contributed by atoms with Crippen molar-refractivity contribution in [3.8, 4) is 17.3 Å². The Labute approximate surface area is 184 Å². The van der Waals surface area contributed by atoms with Crippen LogP contribution in [0.3, 0.4) is 0 Å². The number of rotatable bonds is 6. The number of aromatic nitrogens is 2. The van der Waals surface area contributed by atoms with Crippen LogP contribution in [0.2, 0.25) is 0 Å². The van der Waals surface area contributed by atoms with E-state index in [9.17, 15) is 5.26 Å². The van der Waals surface area contributed by atoms with Crippen molar-refractivity contribution in [3.05, 3.63) is 76.7 Å². The molecule has 0 aliphatic carbocycles. The third-order valence-corrected chi connectivity index (χ3v) is 5.57. The highest BCUT2D eigenvalue weighted by Gasteiger charge is 2.12. The third-order valence-electron chi connectivity index (χ3n) is 5.57. The summed E-state index contributed by atoms with van der Waals surface area (Å²) in [7, 11) is 0. The number of hydrogen-bond acceptors (Lipinski definition) is 4. The van der Waals surface area contributed by atoms with Crippen molar-refractivity contribution in [2.24, 2.45) is 0 Å². The molecule has 0 unspecified atom stereocenters. The molecule has 31 heavy (non-hydrogen) atoms. The zero-order chi connectivity index (χ0) is 21.6. The van der Waals surface area contributed by atoms with Gasteiger partial charge < -0.3 is 9.72 Å². The predicted molar refractivity (Wildman–Crippen MR) is 124 cm³/mol. The normalized spacial score (nSPS) is 14.9. The Morgan fingerprint density at radius 3 is 2.58 bits per heavy atom. The molecule has 3 heterocycles. The van der Waals surface area contributed by atoms with Crippen molar-refractivity contribution >= 4 is 12.2 Å². The molecular formula is C26H28N4O. The molecule has 0 atom stereocenters. The van der Waals surface area contributed by atoms with Crippen molar-refractivity contribution in [1.29, 1.82) is 5.26 Å². The number of pyridine rings is 1. The SMILES string of the molecule is CC(C)c1[nH]c(-c2ccnc(/C=C/c3ccc(CN4CCOCC4)cc3)c2)cc1C#N. The van der Waals surface area contributed by atoms with Gasteiger partial charge in [0.05, 0.1) is 24.5 Å². The maximum Gasteiger partial charge on any atom is 0.101 e. The van der Waals surface area contributed by atoms with Gasteiger partial charge in [-0.3, -0.25) is 9.88 Å². The van der Waals surface area contributed by atoms with Crippen LogP contribution in [0.4, 0.5) is 0 Å². The van der Waals surface area contributed by atoms with Gasteiger partial charge in [-0.15, -0.1) is 0 Å². The van der Waals surface area contributed by atoms with E-state index in [4.69, 9.17) is 4.74 Å². The molecule has 5 heteroatoms. The van der Waals surface area contributed by atoms with E-state index in [-0.39, 0.29) is 5.92 Å². The monoisotopic (exact) mass is 412 g/mol. The van der Waals surface area contributed by atoms with Crippen LogP contribution in [0.5, 0.6) is 0 Å².